The van der Waals surface area contributed by atoms with Crippen LogP contribution in [0, 0.1) is 0 Å². The van der Waals surface area contributed by atoms with Crippen molar-refractivity contribution in [1.29, 1.82) is 0 Å². The number of hydrogen-bond acceptors (Lipinski definition) is 1. The average Bonchev–Trinajstić information content (AvgIpc) is 1.75. The lowest BCUT2D eigenvalue weighted by Crippen LogP contribution is -1.59. The average molecular weight is 125 g/mol. The van der Waals surface area contributed by atoms with Gasteiger partial charge in [0.1, 0.15) is 0 Å². The molecule has 0 fully saturated rings. The zero-order chi connectivity index (χ0) is 6.12. The summed E-state index contributed by atoms with van der Waals surface area (Å²) in [6.45, 7) is 4.42. The molecular formula is C5H13ClO. The zero-order valence-electron chi connectivity index (χ0n) is 4.95. The summed E-state index contributed by atoms with van der Waals surface area (Å²) in [5, 5.41) is 0. The van der Waals surface area contributed by atoms with E-state index in [0.717, 1.165) is 0 Å². The largest absolute Gasteiger partial charge is 0.295 e. The minimum atomic E-state index is 1.34. The van der Waals surface area contributed by atoms with Gasteiger partial charge in [-0.15, -0.1) is 0 Å². The summed E-state index contributed by atoms with van der Waals surface area (Å²) < 4.78 is 6.47. The maximum Gasteiger partial charge on any atom is 0.0579 e. The van der Waals surface area contributed by atoms with E-state index < -0.39 is 0 Å². The van der Waals surface area contributed by atoms with Crippen LogP contribution < -0.4 is 0 Å². The van der Waals surface area contributed by atoms with Gasteiger partial charge in [0, 0.05) is 0 Å². The van der Waals surface area contributed by atoms with Crippen molar-refractivity contribution in [2.24, 2.45) is 0 Å². The van der Waals surface area contributed by atoms with Crippen molar-refractivity contribution in [2.45, 2.75) is 33.1 Å². The van der Waals surface area contributed by atoms with Crippen molar-refractivity contribution in [3.8, 4) is 0 Å². The summed E-state index contributed by atoms with van der Waals surface area (Å²) in [5.74, 6) is 0. The van der Waals surface area contributed by atoms with E-state index in [1.807, 2.05) is 0 Å². The van der Waals surface area contributed by atoms with Crippen LogP contribution in [0.25, 0.3) is 0 Å². The van der Waals surface area contributed by atoms with Crippen LogP contribution in [0.5, 0.6) is 0 Å². The molecule has 2 heteroatoms. The quantitative estimate of drug-likeness (QED) is 0.599. The van der Waals surface area contributed by atoms with Crippen molar-refractivity contribution in [1.82, 2.24) is 0 Å². The molecule has 0 bridgehead atoms. The second kappa shape index (κ2) is 16.3. The van der Waals surface area contributed by atoms with Crippen LogP contribution in [-0.2, 0) is 0 Å². The summed E-state index contributed by atoms with van der Waals surface area (Å²) >= 11 is 3.64. The van der Waals surface area contributed by atoms with Gasteiger partial charge >= 0.3 is 0 Å². The van der Waals surface area contributed by atoms with Crippen molar-refractivity contribution in [3.05, 3.63) is 0 Å². The Morgan fingerprint density at radius 2 is 1.43 bits per heavy atom. The molecule has 0 aromatic carbocycles. The normalized spacial score (nSPS) is 6.86. The monoisotopic (exact) mass is 124 g/mol. The van der Waals surface area contributed by atoms with Crippen molar-refractivity contribution < 1.29 is 4.66 Å². The molecule has 0 aliphatic rings. The van der Waals surface area contributed by atoms with E-state index in [9.17, 15) is 0 Å². The summed E-state index contributed by atoms with van der Waals surface area (Å²) in [6.07, 6.45) is 4.08. The van der Waals surface area contributed by atoms with E-state index >= 15 is 0 Å². The smallest absolute Gasteiger partial charge is 0.0579 e. The first-order chi connectivity index (χ1) is 3.41. The lowest BCUT2D eigenvalue weighted by Gasteiger charge is -1.79. The Morgan fingerprint density at radius 1 is 1.14 bits per heavy atom. The first kappa shape index (κ1) is 10.3. The minimum absolute atomic E-state index is 1.34. The standard InChI is InChI=1S/C5H12.ClHO/c1-3-5-4-2;1-2/h3-5H2,1-2H3;2H. The third-order valence-electron chi connectivity index (χ3n) is 0.707. The van der Waals surface area contributed by atoms with Crippen LogP contribution >= 0.6 is 11.9 Å². The van der Waals surface area contributed by atoms with Gasteiger partial charge in [-0.3, -0.25) is 4.66 Å². The fourth-order valence-corrected chi connectivity index (χ4v) is 0.354. The third kappa shape index (κ3) is 22.3. The number of rotatable bonds is 2. The lowest BCUT2D eigenvalue weighted by atomic mass is 10.3. The Morgan fingerprint density at radius 3 is 1.43 bits per heavy atom. The van der Waals surface area contributed by atoms with Crippen LogP contribution in [0.4, 0.5) is 0 Å². The molecule has 0 unspecified atom stereocenters. The molecule has 1 nitrogen and oxygen atoms in total. The maximum absolute atomic E-state index is 6.47. The molecule has 0 amide bonds. The summed E-state index contributed by atoms with van der Waals surface area (Å²) in [6, 6.07) is 0. The predicted octanol–water partition coefficient (Wildman–Crippen LogP) is 2.33. The van der Waals surface area contributed by atoms with Crippen molar-refractivity contribution in [3.63, 3.8) is 0 Å². The molecule has 0 radical (unpaired) electrons. The molecule has 0 aromatic heterocycles. The Labute approximate surface area is 50.5 Å². The lowest BCUT2D eigenvalue weighted by molar-refractivity contribution is 0.632. The van der Waals surface area contributed by atoms with Gasteiger partial charge in [0.05, 0.1) is 11.9 Å². The van der Waals surface area contributed by atoms with Crippen molar-refractivity contribution in [2.75, 3.05) is 0 Å². The topological polar surface area (TPSA) is 20.2 Å². The fraction of sp³-hybridized carbons (Fsp3) is 1.00. The van der Waals surface area contributed by atoms with E-state index in [2.05, 4.69) is 25.7 Å². The SMILES string of the molecule is CCCCC.OCl. The minimum Gasteiger partial charge on any atom is -0.295 e. The predicted molar refractivity (Wildman–Crippen MR) is 33.3 cm³/mol. The molecule has 0 aliphatic heterocycles. The molecule has 7 heavy (non-hydrogen) atoms. The summed E-state index contributed by atoms with van der Waals surface area (Å²) in [5.41, 5.74) is 0. The number of hydrogen-bond donors (Lipinski definition) is 1. The fourth-order valence-electron chi connectivity index (χ4n) is 0.354. The Hall–Kier alpha value is 0.250. The highest BCUT2D eigenvalue weighted by Gasteiger charge is 1.68. The van der Waals surface area contributed by atoms with E-state index in [-0.39, 0.29) is 0 Å². The molecule has 1 N–H and O–H groups in total. The Bertz CT molecular complexity index is 15.6. The highest BCUT2D eigenvalue weighted by Crippen LogP contribution is 1.88. The maximum atomic E-state index is 6.47. The van der Waals surface area contributed by atoms with Gasteiger partial charge in [0.25, 0.3) is 0 Å². The van der Waals surface area contributed by atoms with Gasteiger partial charge in [-0.2, -0.15) is 0 Å². The van der Waals surface area contributed by atoms with Crippen LogP contribution in [0.3, 0.4) is 0 Å². The van der Waals surface area contributed by atoms with Crippen LogP contribution in [0.1, 0.15) is 33.1 Å². The first-order valence-electron chi connectivity index (χ1n) is 2.58. The zero-order valence-corrected chi connectivity index (χ0v) is 5.70. The van der Waals surface area contributed by atoms with Gasteiger partial charge < -0.3 is 0 Å². The molecule has 0 spiro atoms. The highest BCUT2D eigenvalue weighted by atomic mass is 35.5. The first-order valence-corrected chi connectivity index (χ1v) is 2.92. The Balaban J connectivity index is 0. The van der Waals surface area contributed by atoms with Gasteiger partial charge in [-0.05, 0) is 0 Å². The molecular weight excluding hydrogens is 112 g/mol. The highest BCUT2D eigenvalue weighted by molar-refractivity contribution is 6.04. The molecule has 0 heterocycles. The van der Waals surface area contributed by atoms with Gasteiger partial charge in [-0.25, -0.2) is 0 Å². The molecule has 46 valence electrons. The van der Waals surface area contributed by atoms with Crippen LogP contribution in [-0.4, -0.2) is 4.66 Å². The van der Waals surface area contributed by atoms with Gasteiger partial charge in [-0.1, -0.05) is 33.1 Å². The van der Waals surface area contributed by atoms with Crippen molar-refractivity contribution >= 4 is 11.9 Å². The van der Waals surface area contributed by atoms with E-state index in [4.69, 9.17) is 4.66 Å². The number of halogens is 1. The second-order valence-corrected chi connectivity index (χ2v) is 1.35. The van der Waals surface area contributed by atoms with E-state index in [1.54, 1.807) is 0 Å². The summed E-state index contributed by atoms with van der Waals surface area (Å²) in [4.78, 5) is 0. The molecule has 0 rings (SSSR count). The van der Waals surface area contributed by atoms with E-state index in [1.165, 1.54) is 19.3 Å². The molecule has 0 aliphatic carbocycles. The molecule has 0 saturated carbocycles. The Kier molecular flexibility index (Phi) is 23.9. The van der Waals surface area contributed by atoms with Gasteiger partial charge in [0.2, 0.25) is 0 Å². The van der Waals surface area contributed by atoms with Crippen LogP contribution in [0.2, 0.25) is 0 Å². The number of unbranched alkanes of at least 4 members (excludes halogenated alkanes) is 2. The molecule has 0 saturated heterocycles. The van der Waals surface area contributed by atoms with E-state index in [0.29, 0.717) is 0 Å². The second-order valence-electron chi connectivity index (χ2n) is 1.35. The molecule has 0 atom stereocenters. The summed E-state index contributed by atoms with van der Waals surface area (Å²) in [7, 11) is 0. The third-order valence-corrected chi connectivity index (χ3v) is 0.707. The van der Waals surface area contributed by atoms with Crippen LogP contribution in [0.15, 0.2) is 0 Å². The molecule has 0 aromatic rings. The van der Waals surface area contributed by atoms with Gasteiger partial charge in [0.15, 0.2) is 0 Å².